The molecule has 0 atom stereocenters. The van der Waals surface area contributed by atoms with Gasteiger partial charge in [-0.05, 0) is 50.2 Å². The fraction of sp³-hybridized carbons (Fsp3) is 0.300. The van der Waals surface area contributed by atoms with E-state index in [1.54, 1.807) is 69.5 Å². The molecule has 154 valence electrons. The molecule has 0 N–H and O–H groups in total. The number of rotatable bonds is 7. The third-order valence-electron chi connectivity index (χ3n) is 4.09. The minimum atomic E-state index is -3.86. The van der Waals surface area contributed by atoms with Crippen molar-refractivity contribution in [3.8, 4) is 5.75 Å². The van der Waals surface area contributed by atoms with Gasteiger partial charge in [0.25, 0.3) is 5.91 Å². The molecule has 0 spiro atoms. The first-order valence-corrected chi connectivity index (χ1v) is 10.7. The Morgan fingerprint density at radius 2 is 1.69 bits per heavy atom. The Morgan fingerprint density at radius 1 is 1.03 bits per heavy atom. The highest BCUT2D eigenvalue weighted by Crippen LogP contribution is 2.50. The predicted molar refractivity (Wildman–Crippen MR) is 110 cm³/mol. The van der Waals surface area contributed by atoms with Crippen LogP contribution >= 0.6 is 7.82 Å². The van der Waals surface area contributed by atoms with E-state index >= 15 is 0 Å². The monoisotopic (exact) mass is 418 g/mol. The van der Waals surface area contributed by atoms with Gasteiger partial charge in [-0.2, -0.15) is 0 Å². The highest BCUT2D eigenvalue weighted by atomic mass is 31.2. The normalized spacial score (nSPS) is 14.1. The van der Waals surface area contributed by atoms with Crippen molar-refractivity contribution in [1.82, 2.24) is 0 Å². The second-order valence-corrected chi connectivity index (χ2v) is 7.58. The maximum Gasteiger partial charge on any atom is 0.531 e. The smallest absolute Gasteiger partial charge is 0.497 e. The third-order valence-corrected chi connectivity index (χ3v) is 5.68. The standard InChI is InChI=1S/C20H23N2O6P/c1-4-26-29(24,27-5-2)28-19-14-22(15-10-12-16(25-3)13-11-15)20(23)17-8-6-7-9-18(17)21-19/h6-13H,4-5,14H2,1-3H3. The van der Waals surface area contributed by atoms with E-state index in [0.29, 0.717) is 22.7 Å². The Labute approximate surface area is 169 Å². The Kier molecular flexibility index (Phi) is 6.69. The van der Waals surface area contributed by atoms with Gasteiger partial charge in [0.15, 0.2) is 0 Å². The molecule has 1 amide bonds. The zero-order valence-electron chi connectivity index (χ0n) is 16.5. The van der Waals surface area contributed by atoms with E-state index < -0.39 is 7.82 Å². The lowest BCUT2D eigenvalue weighted by Crippen LogP contribution is -2.35. The molecule has 3 rings (SSSR count). The number of amides is 1. The predicted octanol–water partition coefficient (Wildman–Crippen LogP) is 4.58. The van der Waals surface area contributed by atoms with Gasteiger partial charge < -0.3 is 9.26 Å². The number of ether oxygens (including phenoxy) is 1. The van der Waals surface area contributed by atoms with Crippen molar-refractivity contribution < 1.29 is 27.7 Å². The van der Waals surface area contributed by atoms with Crippen LogP contribution in [0.5, 0.6) is 5.75 Å². The molecule has 9 heteroatoms. The Morgan fingerprint density at radius 3 is 2.31 bits per heavy atom. The van der Waals surface area contributed by atoms with Crippen LogP contribution in [-0.2, 0) is 18.1 Å². The molecule has 8 nitrogen and oxygen atoms in total. The number of hydrogen-bond acceptors (Lipinski definition) is 7. The van der Waals surface area contributed by atoms with Crippen LogP contribution in [0.2, 0.25) is 0 Å². The molecule has 0 radical (unpaired) electrons. The molecule has 0 unspecified atom stereocenters. The van der Waals surface area contributed by atoms with Gasteiger partial charge in [-0.15, -0.1) is 0 Å². The van der Waals surface area contributed by atoms with E-state index in [1.807, 2.05) is 0 Å². The highest BCUT2D eigenvalue weighted by molar-refractivity contribution is 7.49. The molecule has 0 fully saturated rings. The van der Waals surface area contributed by atoms with E-state index in [-0.39, 0.29) is 31.6 Å². The number of benzene rings is 2. The first kappa shape index (κ1) is 21.0. The second kappa shape index (κ2) is 9.22. The maximum atomic E-state index is 13.2. The molecular weight excluding hydrogens is 395 g/mol. The van der Waals surface area contributed by atoms with Gasteiger partial charge >= 0.3 is 7.82 Å². The van der Waals surface area contributed by atoms with Crippen molar-refractivity contribution in [2.45, 2.75) is 13.8 Å². The fourth-order valence-electron chi connectivity index (χ4n) is 2.83. The average molecular weight is 418 g/mol. The van der Waals surface area contributed by atoms with E-state index in [2.05, 4.69) is 4.99 Å². The Balaban J connectivity index is 2.01. The van der Waals surface area contributed by atoms with Crippen molar-refractivity contribution in [1.29, 1.82) is 0 Å². The van der Waals surface area contributed by atoms with Gasteiger partial charge in [-0.25, -0.2) is 9.56 Å². The van der Waals surface area contributed by atoms with E-state index in [4.69, 9.17) is 18.3 Å². The number of nitrogens with zero attached hydrogens (tertiary/aromatic N) is 2. The molecule has 0 aromatic heterocycles. The largest absolute Gasteiger partial charge is 0.531 e. The quantitative estimate of drug-likeness (QED) is 0.612. The lowest BCUT2D eigenvalue weighted by molar-refractivity contribution is 0.0990. The molecular formula is C20H23N2O6P. The first-order valence-electron chi connectivity index (χ1n) is 9.21. The number of carbonyl (C=O) groups excluding carboxylic acids is 1. The lowest BCUT2D eigenvalue weighted by Gasteiger charge is -2.23. The molecule has 0 saturated heterocycles. The summed E-state index contributed by atoms with van der Waals surface area (Å²) in [7, 11) is -2.29. The number of phosphoric acid groups is 1. The number of fused-ring (bicyclic) bond motifs is 1. The van der Waals surface area contributed by atoms with Crippen molar-refractivity contribution >= 4 is 31.0 Å². The van der Waals surface area contributed by atoms with Crippen LogP contribution < -0.4 is 9.64 Å². The Hall–Kier alpha value is -2.67. The van der Waals surface area contributed by atoms with Crippen LogP contribution in [0.25, 0.3) is 0 Å². The fourth-order valence-corrected chi connectivity index (χ4v) is 4.00. The number of anilines is 1. The number of hydrogen-bond donors (Lipinski definition) is 0. The van der Waals surface area contributed by atoms with Gasteiger partial charge in [0.05, 0.1) is 31.6 Å². The van der Waals surface area contributed by atoms with Crippen molar-refractivity contribution in [2.75, 3.05) is 31.8 Å². The summed E-state index contributed by atoms with van der Waals surface area (Å²) in [4.78, 5) is 19.1. The highest BCUT2D eigenvalue weighted by Gasteiger charge is 2.33. The summed E-state index contributed by atoms with van der Waals surface area (Å²) in [6, 6.07) is 13.9. The van der Waals surface area contributed by atoms with Crippen molar-refractivity contribution in [3.63, 3.8) is 0 Å². The molecule has 2 aromatic carbocycles. The first-order chi connectivity index (χ1) is 14.0. The molecule has 1 aliphatic heterocycles. The maximum absolute atomic E-state index is 13.2. The van der Waals surface area contributed by atoms with E-state index in [0.717, 1.165) is 0 Å². The van der Waals surface area contributed by atoms with Crippen LogP contribution in [0.3, 0.4) is 0 Å². The molecule has 29 heavy (non-hydrogen) atoms. The van der Waals surface area contributed by atoms with Crippen LogP contribution in [0.1, 0.15) is 24.2 Å². The second-order valence-electron chi connectivity index (χ2n) is 5.99. The molecule has 0 aliphatic carbocycles. The summed E-state index contributed by atoms with van der Waals surface area (Å²) >= 11 is 0. The SMILES string of the molecule is CCOP(=O)(OCC)OC1=Nc2ccccc2C(=O)N(c2ccc(OC)cc2)C1. The van der Waals surface area contributed by atoms with Crippen molar-refractivity contribution in [2.24, 2.45) is 4.99 Å². The zero-order chi connectivity index (χ0) is 20.9. The summed E-state index contributed by atoms with van der Waals surface area (Å²) in [6.07, 6.45) is 0. The number of methoxy groups -OCH3 is 1. The van der Waals surface area contributed by atoms with E-state index in [9.17, 15) is 9.36 Å². The summed E-state index contributed by atoms with van der Waals surface area (Å²) in [5.74, 6) is 0.471. The minimum absolute atomic E-state index is 0.0377. The minimum Gasteiger partial charge on any atom is -0.497 e. The van der Waals surface area contributed by atoms with Gasteiger partial charge in [-0.3, -0.25) is 18.7 Å². The van der Waals surface area contributed by atoms with Crippen LogP contribution in [-0.4, -0.2) is 38.7 Å². The van der Waals surface area contributed by atoms with Gasteiger partial charge in [0.1, 0.15) is 12.3 Å². The average Bonchev–Trinajstić information content (AvgIpc) is 2.85. The molecule has 2 aromatic rings. The van der Waals surface area contributed by atoms with Crippen LogP contribution in [0.4, 0.5) is 11.4 Å². The van der Waals surface area contributed by atoms with Gasteiger partial charge in [0.2, 0.25) is 5.90 Å². The topological polar surface area (TPSA) is 86.7 Å². The molecule has 0 saturated carbocycles. The summed E-state index contributed by atoms with van der Waals surface area (Å²) in [5, 5.41) is 0. The Bertz CT molecular complexity index is 934. The van der Waals surface area contributed by atoms with Crippen molar-refractivity contribution in [3.05, 3.63) is 54.1 Å². The van der Waals surface area contributed by atoms with Gasteiger partial charge in [0, 0.05) is 5.69 Å². The molecule has 1 heterocycles. The summed E-state index contributed by atoms with van der Waals surface area (Å²) in [5.41, 5.74) is 1.44. The molecule has 1 aliphatic rings. The number of para-hydroxylation sites is 1. The zero-order valence-corrected chi connectivity index (χ0v) is 17.4. The van der Waals surface area contributed by atoms with Crippen LogP contribution in [0.15, 0.2) is 53.5 Å². The van der Waals surface area contributed by atoms with Gasteiger partial charge in [-0.1, -0.05) is 12.1 Å². The number of phosphoric ester groups is 1. The summed E-state index contributed by atoms with van der Waals surface area (Å²) in [6.45, 7) is 3.62. The van der Waals surface area contributed by atoms with Crippen LogP contribution in [0, 0.1) is 0 Å². The van der Waals surface area contributed by atoms with E-state index in [1.165, 1.54) is 4.90 Å². The number of carbonyl (C=O) groups is 1. The summed E-state index contributed by atoms with van der Waals surface area (Å²) < 4.78 is 34.0. The molecule has 0 bridgehead atoms. The lowest BCUT2D eigenvalue weighted by atomic mass is 10.1. The third kappa shape index (κ3) is 4.85. The number of aliphatic imine (C=N–C) groups is 1.